The first-order chi connectivity index (χ1) is 14.4. The van der Waals surface area contributed by atoms with Crippen molar-refractivity contribution in [2.45, 2.75) is 27.2 Å². The van der Waals surface area contributed by atoms with Gasteiger partial charge in [0, 0.05) is 24.4 Å². The number of rotatable bonds is 5. The number of nitrogens with zero attached hydrogens (tertiary/aromatic N) is 2. The van der Waals surface area contributed by atoms with Gasteiger partial charge in [-0.25, -0.2) is 0 Å². The predicted octanol–water partition coefficient (Wildman–Crippen LogP) is 4.35. The molecule has 2 amide bonds. The molecule has 2 aromatic heterocycles. The molecule has 0 saturated carbocycles. The van der Waals surface area contributed by atoms with Crippen LogP contribution in [-0.4, -0.2) is 30.1 Å². The third-order valence-electron chi connectivity index (χ3n) is 4.88. The summed E-state index contributed by atoms with van der Waals surface area (Å²) in [6, 6.07) is 10.2. The normalized spacial score (nSPS) is 15.3. The summed E-state index contributed by atoms with van der Waals surface area (Å²) in [7, 11) is 0. The molecule has 0 bridgehead atoms. The summed E-state index contributed by atoms with van der Waals surface area (Å²) >= 11 is 0. The zero-order valence-electron chi connectivity index (χ0n) is 17.1. The highest BCUT2D eigenvalue weighted by Gasteiger charge is 2.37. The Labute approximate surface area is 173 Å². The number of aromatic nitrogens is 1. The molecule has 0 unspecified atom stereocenters. The number of nitrogens with one attached hydrogen (secondary N) is 1. The molecular weight excluding hydrogens is 386 g/mol. The van der Waals surface area contributed by atoms with Crippen LogP contribution in [0.1, 0.15) is 37.7 Å². The Balaban J connectivity index is 1.56. The van der Waals surface area contributed by atoms with Gasteiger partial charge >= 0.3 is 0 Å². The molecule has 3 aromatic rings. The third kappa shape index (κ3) is 3.68. The number of carbonyl (C=O) groups excluding carboxylic acids is 2. The summed E-state index contributed by atoms with van der Waals surface area (Å²) < 4.78 is 16.4. The van der Waals surface area contributed by atoms with Gasteiger partial charge in [-0.1, -0.05) is 12.1 Å². The van der Waals surface area contributed by atoms with Gasteiger partial charge in [-0.15, -0.1) is 0 Å². The number of hydrogen-bond acceptors (Lipinski definition) is 6. The highest BCUT2D eigenvalue weighted by molar-refractivity contribution is 6.04. The first-order valence-corrected chi connectivity index (χ1v) is 9.80. The zero-order chi connectivity index (χ0) is 21.3. The summed E-state index contributed by atoms with van der Waals surface area (Å²) in [5, 5.41) is 6.60. The second-order valence-electron chi connectivity index (χ2n) is 7.82. The van der Waals surface area contributed by atoms with E-state index < -0.39 is 11.3 Å². The van der Waals surface area contributed by atoms with Gasteiger partial charge in [0.1, 0.15) is 12.4 Å². The molecular formula is C22H23N3O5. The zero-order valence-corrected chi connectivity index (χ0v) is 17.1. The topological polar surface area (TPSA) is 97.8 Å². The van der Waals surface area contributed by atoms with E-state index in [1.165, 1.54) is 12.3 Å². The SMILES string of the molecule is CCCN1C(=O)C(C)(C)COc2cc(NC(=O)c3cc(-c4ccco4)on3)ccc21. The molecule has 0 saturated heterocycles. The van der Waals surface area contributed by atoms with Gasteiger partial charge in [0.15, 0.2) is 11.5 Å². The minimum atomic E-state index is -0.638. The Morgan fingerprint density at radius 1 is 1.23 bits per heavy atom. The van der Waals surface area contributed by atoms with E-state index in [2.05, 4.69) is 10.5 Å². The Kier molecular flexibility index (Phi) is 5.07. The second kappa shape index (κ2) is 7.70. The minimum Gasteiger partial charge on any atom is -0.490 e. The Bertz CT molecular complexity index is 1070. The van der Waals surface area contributed by atoms with E-state index >= 15 is 0 Å². The number of hydrogen-bond donors (Lipinski definition) is 1. The molecule has 0 fully saturated rings. The van der Waals surface area contributed by atoms with Crippen LogP contribution in [0.15, 0.2) is 51.6 Å². The number of fused-ring (bicyclic) bond motifs is 1. The molecule has 0 aliphatic carbocycles. The summed E-state index contributed by atoms with van der Waals surface area (Å²) in [4.78, 5) is 27.3. The monoisotopic (exact) mass is 409 g/mol. The van der Waals surface area contributed by atoms with Gasteiger partial charge in [0.25, 0.3) is 5.91 Å². The molecule has 0 atom stereocenters. The van der Waals surface area contributed by atoms with Crippen LogP contribution in [0.3, 0.4) is 0 Å². The van der Waals surface area contributed by atoms with Gasteiger partial charge in [-0.3, -0.25) is 9.59 Å². The molecule has 30 heavy (non-hydrogen) atoms. The minimum absolute atomic E-state index is 0.0212. The first-order valence-electron chi connectivity index (χ1n) is 9.80. The van der Waals surface area contributed by atoms with Gasteiger partial charge < -0.3 is 23.9 Å². The lowest BCUT2D eigenvalue weighted by Crippen LogP contribution is -2.42. The molecule has 3 heterocycles. The van der Waals surface area contributed by atoms with E-state index in [4.69, 9.17) is 13.7 Å². The van der Waals surface area contributed by atoms with Gasteiger partial charge in [-0.05, 0) is 44.5 Å². The van der Waals surface area contributed by atoms with Crippen molar-refractivity contribution in [1.29, 1.82) is 0 Å². The predicted molar refractivity (Wildman–Crippen MR) is 111 cm³/mol. The summed E-state index contributed by atoms with van der Waals surface area (Å²) in [6.45, 7) is 6.61. The van der Waals surface area contributed by atoms with Gasteiger partial charge in [0.2, 0.25) is 11.7 Å². The molecule has 1 aromatic carbocycles. The fourth-order valence-electron chi connectivity index (χ4n) is 3.28. The molecule has 1 aliphatic rings. The lowest BCUT2D eigenvalue weighted by molar-refractivity contribution is -0.127. The van der Waals surface area contributed by atoms with E-state index in [0.717, 1.165) is 6.42 Å². The number of carbonyl (C=O) groups is 2. The van der Waals surface area contributed by atoms with Crippen LogP contribution in [0.2, 0.25) is 0 Å². The average Bonchev–Trinajstić information content (AvgIpc) is 3.40. The van der Waals surface area contributed by atoms with Crippen LogP contribution in [0.5, 0.6) is 5.75 Å². The molecule has 4 rings (SSSR count). The van der Waals surface area contributed by atoms with Crippen LogP contribution < -0.4 is 15.0 Å². The number of benzene rings is 1. The smallest absolute Gasteiger partial charge is 0.277 e. The highest BCUT2D eigenvalue weighted by Crippen LogP contribution is 2.38. The first kappa shape index (κ1) is 19.8. The van der Waals surface area contributed by atoms with Crippen LogP contribution in [-0.2, 0) is 4.79 Å². The fourth-order valence-corrected chi connectivity index (χ4v) is 3.28. The van der Waals surface area contributed by atoms with Crippen molar-refractivity contribution in [3.05, 3.63) is 48.4 Å². The molecule has 156 valence electrons. The van der Waals surface area contributed by atoms with Gasteiger partial charge in [0.05, 0.1) is 17.4 Å². The van der Waals surface area contributed by atoms with E-state index in [1.54, 1.807) is 35.2 Å². The standard InChI is InChI=1S/C22H23N3O5/c1-4-9-25-16-8-7-14(11-18(16)29-13-22(2,3)21(25)27)23-20(26)15-12-19(30-24-15)17-6-5-10-28-17/h5-8,10-12H,4,9,13H2,1-3H3,(H,23,26). The van der Waals surface area contributed by atoms with E-state index in [9.17, 15) is 9.59 Å². The molecule has 1 N–H and O–H groups in total. The van der Waals surface area contributed by atoms with E-state index in [0.29, 0.717) is 35.2 Å². The van der Waals surface area contributed by atoms with Gasteiger partial charge in [-0.2, -0.15) is 0 Å². The maximum absolute atomic E-state index is 12.9. The quantitative estimate of drug-likeness (QED) is 0.673. The van der Waals surface area contributed by atoms with Crippen molar-refractivity contribution < 1.29 is 23.3 Å². The average molecular weight is 409 g/mol. The maximum atomic E-state index is 12.9. The molecule has 0 radical (unpaired) electrons. The summed E-state index contributed by atoms with van der Waals surface area (Å²) in [5.74, 6) is 1.01. The molecule has 8 nitrogen and oxygen atoms in total. The van der Waals surface area contributed by atoms with Crippen LogP contribution in [0.4, 0.5) is 11.4 Å². The van der Waals surface area contributed by atoms with Crippen molar-refractivity contribution in [2.24, 2.45) is 5.41 Å². The van der Waals surface area contributed by atoms with E-state index in [1.807, 2.05) is 20.8 Å². The lowest BCUT2D eigenvalue weighted by Gasteiger charge is -2.27. The molecule has 8 heteroatoms. The van der Waals surface area contributed by atoms with Crippen molar-refractivity contribution in [2.75, 3.05) is 23.4 Å². The largest absolute Gasteiger partial charge is 0.490 e. The Morgan fingerprint density at radius 3 is 2.80 bits per heavy atom. The third-order valence-corrected chi connectivity index (χ3v) is 4.88. The molecule has 1 aliphatic heterocycles. The van der Waals surface area contributed by atoms with Crippen molar-refractivity contribution in [3.8, 4) is 17.3 Å². The summed E-state index contributed by atoms with van der Waals surface area (Å²) in [5.41, 5.74) is 0.721. The molecule has 0 spiro atoms. The number of furan rings is 1. The maximum Gasteiger partial charge on any atom is 0.277 e. The van der Waals surface area contributed by atoms with Crippen molar-refractivity contribution >= 4 is 23.2 Å². The number of anilines is 2. The lowest BCUT2D eigenvalue weighted by atomic mass is 9.93. The van der Waals surface area contributed by atoms with E-state index in [-0.39, 0.29) is 18.2 Å². The number of ether oxygens (including phenoxy) is 1. The van der Waals surface area contributed by atoms with Crippen LogP contribution in [0, 0.1) is 5.41 Å². The fraction of sp³-hybridized carbons (Fsp3) is 0.318. The van der Waals surface area contributed by atoms with Crippen LogP contribution >= 0.6 is 0 Å². The highest BCUT2D eigenvalue weighted by atomic mass is 16.5. The van der Waals surface area contributed by atoms with Crippen molar-refractivity contribution in [1.82, 2.24) is 5.16 Å². The Hall–Kier alpha value is -3.55. The second-order valence-corrected chi connectivity index (χ2v) is 7.82. The van der Waals surface area contributed by atoms with Crippen molar-refractivity contribution in [3.63, 3.8) is 0 Å². The number of amides is 2. The summed E-state index contributed by atoms with van der Waals surface area (Å²) in [6.07, 6.45) is 2.34. The Morgan fingerprint density at radius 2 is 2.07 bits per heavy atom. The van der Waals surface area contributed by atoms with Crippen LogP contribution in [0.25, 0.3) is 11.5 Å².